The van der Waals surface area contributed by atoms with Gasteiger partial charge in [-0.05, 0) is 25.5 Å². The Kier molecular flexibility index (Phi) is 5.30. The van der Waals surface area contributed by atoms with Crippen molar-refractivity contribution in [1.29, 1.82) is 0 Å². The third-order valence-electron chi connectivity index (χ3n) is 4.71. The number of hydrogen-bond donors (Lipinski definition) is 1. The molecule has 156 valence electrons. The molecule has 0 unspecified atom stereocenters. The van der Waals surface area contributed by atoms with Crippen LogP contribution in [0.25, 0.3) is 11.5 Å². The summed E-state index contributed by atoms with van der Waals surface area (Å²) in [4.78, 5) is -0.106. The average Bonchev–Trinajstić information content (AvgIpc) is 3.16. The van der Waals surface area contributed by atoms with Gasteiger partial charge in [0.1, 0.15) is 4.90 Å². The minimum absolute atomic E-state index is 0.0276. The van der Waals surface area contributed by atoms with Crippen LogP contribution in [-0.2, 0) is 29.8 Å². The van der Waals surface area contributed by atoms with E-state index in [2.05, 4.69) is 14.9 Å². The van der Waals surface area contributed by atoms with E-state index in [9.17, 15) is 21.6 Å². The van der Waals surface area contributed by atoms with Gasteiger partial charge < -0.3 is 8.98 Å². The Balaban J connectivity index is 2.03. The molecule has 2 heterocycles. The lowest BCUT2D eigenvalue weighted by molar-refractivity contribution is -0.138. The van der Waals surface area contributed by atoms with Crippen molar-refractivity contribution >= 4 is 10.0 Å². The van der Waals surface area contributed by atoms with Crippen molar-refractivity contribution < 1.29 is 26.0 Å². The minimum Gasteiger partial charge on any atom is -0.421 e. The molecule has 11 heteroatoms. The molecule has 1 aromatic carbocycles. The maximum Gasteiger partial charge on any atom is 0.416 e. The highest BCUT2D eigenvalue weighted by molar-refractivity contribution is 7.89. The van der Waals surface area contributed by atoms with Crippen LogP contribution in [-0.4, -0.2) is 23.2 Å². The van der Waals surface area contributed by atoms with Crippen molar-refractivity contribution in [3.63, 3.8) is 0 Å². The second kappa shape index (κ2) is 7.30. The van der Waals surface area contributed by atoms with E-state index < -0.39 is 28.3 Å². The fourth-order valence-electron chi connectivity index (χ4n) is 3.09. The van der Waals surface area contributed by atoms with Crippen LogP contribution in [0.3, 0.4) is 0 Å². The molecule has 3 aromatic rings. The largest absolute Gasteiger partial charge is 0.421 e. The van der Waals surface area contributed by atoms with E-state index >= 15 is 0 Å². The summed E-state index contributed by atoms with van der Waals surface area (Å²) in [6.07, 6.45) is -4.59. The molecule has 1 N–H and O–H groups in total. The Hall–Kier alpha value is -2.66. The smallest absolute Gasteiger partial charge is 0.416 e. The monoisotopic (exact) mass is 428 g/mol. The standard InChI is InChI=1S/C18H19F3N4O3S/c1-10-15(17-24-23-12(3)28-17)16(11(2)25(10)4)29(26,27)22-9-13-7-5-6-8-14(13)18(19,20)21/h5-8,22H,9H2,1-4H3. The quantitative estimate of drug-likeness (QED) is 0.672. The first-order valence-corrected chi connectivity index (χ1v) is 10.0. The van der Waals surface area contributed by atoms with Crippen molar-refractivity contribution in [2.75, 3.05) is 0 Å². The van der Waals surface area contributed by atoms with Crippen molar-refractivity contribution in [3.8, 4) is 11.5 Å². The maximum atomic E-state index is 13.2. The molecule has 0 aliphatic heterocycles. The van der Waals surface area contributed by atoms with Gasteiger partial charge in [0.2, 0.25) is 15.9 Å². The molecule has 0 bridgehead atoms. The van der Waals surface area contributed by atoms with E-state index in [1.807, 2.05) is 0 Å². The Morgan fingerprint density at radius 1 is 1.10 bits per heavy atom. The minimum atomic E-state index is -4.59. The molecule has 7 nitrogen and oxygen atoms in total. The number of hydrogen-bond acceptors (Lipinski definition) is 5. The molecule has 0 spiro atoms. The number of alkyl halides is 3. The normalized spacial score (nSPS) is 12.5. The van der Waals surface area contributed by atoms with Crippen molar-refractivity contribution in [2.45, 2.75) is 38.4 Å². The number of halogens is 3. The van der Waals surface area contributed by atoms with Gasteiger partial charge in [-0.25, -0.2) is 13.1 Å². The van der Waals surface area contributed by atoms with Gasteiger partial charge in [-0.2, -0.15) is 13.2 Å². The topological polar surface area (TPSA) is 90.0 Å². The second-order valence-electron chi connectivity index (χ2n) is 6.54. The van der Waals surface area contributed by atoms with E-state index in [1.165, 1.54) is 18.2 Å². The number of benzene rings is 1. The molecule has 0 aliphatic carbocycles. The fourth-order valence-corrected chi connectivity index (χ4v) is 4.61. The van der Waals surface area contributed by atoms with Crippen LogP contribution < -0.4 is 4.72 Å². The maximum absolute atomic E-state index is 13.2. The van der Waals surface area contributed by atoms with E-state index in [0.717, 1.165) is 6.07 Å². The number of sulfonamides is 1. The summed E-state index contributed by atoms with van der Waals surface area (Å²) < 4.78 is 75.0. The highest BCUT2D eigenvalue weighted by atomic mass is 32.2. The van der Waals surface area contributed by atoms with E-state index in [0.29, 0.717) is 11.4 Å². The van der Waals surface area contributed by atoms with Gasteiger partial charge in [-0.3, -0.25) is 0 Å². The summed E-state index contributed by atoms with van der Waals surface area (Å²) in [7, 11) is -2.51. The lowest BCUT2D eigenvalue weighted by Crippen LogP contribution is -2.25. The summed E-state index contributed by atoms with van der Waals surface area (Å²) >= 11 is 0. The summed E-state index contributed by atoms with van der Waals surface area (Å²) in [5.41, 5.74) is 0.120. The molecule has 0 amide bonds. The van der Waals surface area contributed by atoms with Crippen LogP contribution in [0.4, 0.5) is 13.2 Å². The van der Waals surface area contributed by atoms with Gasteiger partial charge in [0.05, 0.1) is 11.1 Å². The van der Waals surface area contributed by atoms with Crippen LogP contribution in [0.2, 0.25) is 0 Å². The van der Waals surface area contributed by atoms with Crippen molar-refractivity contribution in [1.82, 2.24) is 19.5 Å². The van der Waals surface area contributed by atoms with Crippen LogP contribution >= 0.6 is 0 Å². The molecule has 2 aromatic heterocycles. The summed E-state index contributed by atoms with van der Waals surface area (Å²) in [5, 5.41) is 7.63. The molecule has 29 heavy (non-hydrogen) atoms. The number of aryl methyl sites for hydroxylation is 1. The molecule has 0 fully saturated rings. The number of rotatable bonds is 5. The first-order chi connectivity index (χ1) is 13.4. The highest BCUT2D eigenvalue weighted by Gasteiger charge is 2.34. The number of nitrogens with zero attached hydrogens (tertiary/aromatic N) is 3. The average molecular weight is 428 g/mol. The second-order valence-corrected chi connectivity index (χ2v) is 8.24. The Bertz CT molecular complexity index is 1160. The first kappa shape index (κ1) is 21.1. The van der Waals surface area contributed by atoms with Gasteiger partial charge in [-0.1, -0.05) is 18.2 Å². The van der Waals surface area contributed by atoms with Crippen LogP contribution in [0.1, 0.15) is 28.4 Å². The molecule has 0 atom stereocenters. The van der Waals surface area contributed by atoms with Gasteiger partial charge in [0.25, 0.3) is 5.89 Å². The summed E-state index contributed by atoms with van der Waals surface area (Å²) in [5.74, 6) is 0.288. The van der Waals surface area contributed by atoms with Crippen LogP contribution in [0.5, 0.6) is 0 Å². The van der Waals surface area contributed by atoms with Gasteiger partial charge in [0.15, 0.2) is 0 Å². The predicted molar refractivity (Wildman–Crippen MR) is 98.4 cm³/mol. The zero-order chi connectivity index (χ0) is 21.6. The molecular formula is C18H19F3N4O3S. The predicted octanol–water partition coefficient (Wildman–Crippen LogP) is 3.50. The van der Waals surface area contributed by atoms with E-state index in [1.54, 1.807) is 32.4 Å². The Labute approximate surface area is 165 Å². The molecule has 0 aliphatic rings. The lowest BCUT2D eigenvalue weighted by Gasteiger charge is -2.14. The zero-order valence-electron chi connectivity index (χ0n) is 16.1. The van der Waals surface area contributed by atoms with Crippen molar-refractivity contribution in [2.24, 2.45) is 7.05 Å². The third-order valence-corrected chi connectivity index (χ3v) is 6.27. The molecule has 0 saturated heterocycles. The molecule has 0 radical (unpaired) electrons. The molecule has 0 saturated carbocycles. The van der Waals surface area contributed by atoms with Gasteiger partial charge in [-0.15, -0.1) is 10.2 Å². The Morgan fingerprint density at radius 3 is 2.34 bits per heavy atom. The Morgan fingerprint density at radius 2 is 1.76 bits per heavy atom. The van der Waals surface area contributed by atoms with Crippen molar-refractivity contribution in [3.05, 3.63) is 52.7 Å². The van der Waals surface area contributed by atoms with Crippen LogP contribution in [0, 0.1) is 20.8 Å². The SMILES string of the molecule is Cc1nnc(-c2c(S(=O)(=O)NCc3ccccc3C(F)(F)F)c(C)n(C)c2C)o1. The van der Waals surface area contributed by atoms with E-state index in [4.69, 9.17) is 4.42 Å². The molecular weight excluding hydrogens is 409 g/mol. The van der Waals surface area contributed by atoms with Crippen LogP contribution in [0.15, 0.2) is 33.6 Å². The number of nitrogens with one attached hydrogen (secondary N) is 1. The fraction of sp³-hybridized carbons (Fsp3) is 0.333. The molecule has 3 rings (SSSR count). The van der Waals surface area contributed by atoms with Gasteiger partial charge in [0, 0.05) is 31.9 Å². The van der Waals surface area contributed by atoms with Gasteiger partial charge >= 0.3 is 6.18 Å². The number of aromatic nitrogens is 3. The summed E-state index contributed by atoms with van der Waals surface area (Å²) in [6.45, 7) is 4.34. The zero-order valence-corrected chi connectivity index (χ0v) is 16.9. The third kappa shape index (κ3) is 3.92. The highest BCUT2D eigenvalue weighted by Crippen LogP contribution is 2.35. The van der Waals surface area contributed by atoms with E-state index in [-0.39, 0.29) is 27.8 Å². The first-order valence-electron chi connectivity index (χ1n) is 8.54. The lowest BCUT2D eigenvalue weighted by atomic mass is 10.1. The summed E-state index contributed by atoms with van der Waals surface area (Å²) in [6, 6.07) is 4.82.